The van der Waals surface area contributed by atoms with E-state index in [2.05, 4.69) is 55.3 Å². The number of aromatic nitrogens is 1. The highest BCUT2D eigenvalue weighted by Gasteiger charge is 2.24. The zero-order valence-corrected chi connectivity index (χ0v) is 14.7. The van der Waals surface area contributed by atoms with E-state index >= 15 is 0 Å². The molecule has 0 N–H and O–H groups in total. The summed E-state index contributed by atoms with van der Waals surface area (Å²) < 4.78 is 3.55. The molecule has 1 aromatic carbocycles. The summed E-state index contributed by atoms with van der Waals surface area (Å²) in [7, 11) is 2.18. The van der Waals surface area contributed by atoms with Crippen molar-refractivity contribution in [1.29, 1.82) is 0 Å². The van der Waals surface area contributed by atoms with E-state index in [1.807, 2.05) is 6.07 Å². The second-order valence-electron chi connectivity index (χ2n) is 5.51. The van der Waals surface area contributed by atoms with Gasteiger partial charge in [-0.1, -0.05) is 11.6 Å². The molecular formula is C16H14BrClN2S. The Balaban J connectivity index is 2.09. The van der Waals surface area contributed by atoms with Crippen LogP contribution in [0.25, 0.3) is 16.6 Å². The van der Waals surface area contributed by atoms with Crippen molar-refractivity contribution in [2.45, 2.75) is 13.0 Å². The van der Waals surface area contributed by atoms with E-state index in [0.717, 1.165) is 29.0 Å². The molecule has 3 heterocycles. The third-order valence-corrected chi connectivity index (χ3v) is 6.04. The van der Waals surface area contributed by atoms with Crippen molar-refractivity contribution in [1.82, 2.24) is 9.47 Å². The third-order valence-electron chi connectivity index (χ3n) is 4.14. The first-order chi connectivity index (χ1) is 10.1. The second kappa shape index (κ2) is 5.13. The fraction of sp³-hybridized carbons (Fsp3) is 0.250. The highest BCUT2D eigenvalue weighted by atomic mass is 79.9. The fourth-order valence-electron chi connectivity index (χ4n) is 3.18. The van der Waals surface area contributed by atoms with Gasteiger partial charge in [-0.3, -0.25) is 0 Å². The number of benzene rings is 1. The standard InChI is InChI=1S/C16H14BrClN2S/c1-19-5-4-15-12(7-19)11-6-10(18)2-3-14(11)20(15)16-9-21-8-13(16)17/h2-3,6,8-9H,4-5,7H2,1H3. The average molecular weight is 382 g/mol. The number of fused-ring (bicyclic) bond motifs is 3. The lowest BCUT2D eigenvalue weighted by Crippen LogP contribution is -2.27. The van der Waals surface area contributed by atoms with Crippen molar-refractivity contribution < 1.29 is 0 Å². The Morgan fingerprint density at radius 1 is 1.29 bits per heavy atom. The van der Waals surface area contributed by atoms with E-state index in [1.165, 1.54) is 27.8 Å². The van der Waals surface area contributed by atoms with Gasteiger partial charge < -0.3 is 9.47 Å². The monoisotopic (exact) mass is 380 g/mol. The van der Waals surface area contributed by atoms with Crippen LogP contribution >= 0.6 is 38.9 Å². The van der Waals surface area contributed by atoms with Gasteiger partial charge in [-0.25, -0.2) is 0 Å². The Kier molecular flexibility index (Phi) is 3.38. The molecule has 1 aliphatic heterocycles. The molecule has 0 radical (unpaired) electrons. The van der Waals surface area contributed by atoms with E-state index in [1.54, 1.807) is 11.3 Å². The zero-order chi connectivity index (χ0) is 14.6. The van der Waals surface area contributed by atoms with Gasteiger partial charge in [0, 0.05) is 46.4 Å². The summed E-state index contributed by atoms with van der Waals surface area (Å²) >= 11 is 11.6. The molecule has 0 aliphatic carbocycles. The highest BCUT2D eigenvalue weighted by Crippen LogP contribution is 2.37. The van der Waals surface area contributed by atoms with Crippen LogP contribution in [0, 0.1) is 0 Å². The Bertz CT molecular complexity index is 836. The van der Waals surface area contributed by atoms with Crippen molar-refractivity contribution in [3.05, 3.63) is 49.7 Å². The molecule has 1 aliphatic rings. The lowest BCUT2D eigenvalue weighted by atomic mass is 10.1. The summed E-state index contributed by atoms with van der Waals surface area (Å²) in [5.41, 5.74) is 5.32. The van der Waals surface area contributed by atoms with E-state index < -0.39 is 0 Å². The normalized spacial score (nSPS) is 15.6. The van der Waals surface area contributed by atoms with Gasteiger partial charge in [-0.05, 0) is 46.7 Å². The topological polar surface area (TPSA) is 8.17 Å². The Labute approximate surface area is 141 Å². The molecule has 0 amide bonds. The SMILES string of the molecule is CN1CCc2c(c3cc(Cl)ccc3n2-c2cscc2Br)C1. The Hall–Kier alpha value is -0.810. The van der Waals surface area contributed by atoms with E-state index in [-0.39, 0.29) is 0 Å². The van der Waals surface area contributed by atoms with Crippen LogP contribution in [0.5, 0.6) is 0 Å². The number of hydrogen-bond acceptors (Lipinski definition) is 2. The van der Waals surface area contributed by atoms with Crippen LogP contribution in [0.2, 0.25) is 5.02 Å². The summed E-state index contributed by atoms with van der Waals surface area (Å²) in [5.74, 6) is 0. The minimum atomic E-state index is 0.806. The number of thiophene rings is 1. The van der Waals surface area contributed by atoms with Crippen LogP contribution in [0.15, 0.2) is 33.4 Å². The van der Waals surface area contributed by atoms with Gasteiger partial charge in [0.05, 0.1) is 15.7 Å². The molecule has 2 aromatic heterocycles. The quantitative estimate of drug-likeness (QED) is 0.569. The van der Waals surface area contributed by atoms with Crippen molar-refractivity contribution in [3.8, 4) is 5.69 Å². The van der Waals surface area contributed by atoms with E-state index in [0.29, 0.717) is 0 Å². The molecule has 5 heteroatoms. The lowest BCUT2D eigenvalue weighted by molar-refractivity contribution is 0.311. The third kappa shape index (κ3) is 2.16. The molecule has 0 unspecified atom stereocenters. The predicted octanol–water partition coefficient (Wildman–Crippen LogP) is 5.10. The van der Waals surface area contributed by atoms with Gasteiger partial charge in [0.15, 0.2) is 0 Å². The largest absolute Gasteiger partial charge is 0.311 e. The number of hydrogen-bond donors (Lipinski definition) is 0. The smallest absolute Gasteiger partial charge is 0.0708 e. The molecule has 0 spiro atoms. The van der Waals surface area contributed by atoms with Gasteiger partial charge in [0.2, 0.25) is 0 Å². The number of halogens is 2. The van der Waals surface area contributed by atoms with Gasteiger partial charge in [-0.15, -0.1) is 11.3 Å². The Morgan fingerprint density at radius 2 is 2.14 bits per heavy atom. The lowest BCUT2D eigenvalue weighted by Gasteiger charge is -2.24. The molecule has 2 nitrogen and oxygen atoms in total. The summed E-state index contributed by atoms with van der Waals surface area (Å²) in [5, 5.41) is 6.43. The van der Waals surface area contributed by atoms with E-state index in [9.17, 15) is 0 Å². The summed E-state index contributed by atoms with van der Waals surface area (Å²) in [6, 6.07) is 6.22. The first-order valence-electron chi connectivity index (χ1n) is 6.87. The maximum atomic E-state index is 6.23. The van der Waals surface area contributed by atoms with Gasteiger partial charge in [0.25, 0.3) is 0 Å². The second-order valence-corrected chi connectivity index (χ2v) is 7.55. The van der Waals surface area contributed by atoms with Gasteiger partial charge in [-0.2, -0.15) is 0 Å². The van der Waals surface area contributed by atoms with Crippen LogP contribution < -0.4 is 0 Å². The van der Waals surface area contributed by atoms with Crippen LogP contribution in [-0.2, 0) is 13.0 Å². The zero-order valence-electron chi connectivity index (χ0n) is 11.6. The minimum Gasteiger partial charge on any atom is -0.311 e. The molecular weight excluding hydrogens is 368 g/mol. The summed E-state index contributed by atoms with van der Waals surface area (Å²) in [6.07, 6.45) is 1.07. The number of nitrogens with zero attached hydrogens (tertiary/aromatic N) is 2. The first kappa shape index (κ1) is 13.8. The molecule has 4 rings (SSSR count). The van der Waals surface area contributed by atoms with Gasteiger partial charge >= 0.3 is 0 Å². The predicted molar refractivity (Wildman–Crippen MR) is 93.9 cm³/mol. The first-order valence-corrected chi connectivity index (χ1v) is 8.99. The number of likely N-dealkylation sites (N-methyl/N-ethyl adjacent to an activating group) is 1. The molecule has 108 valence electrons. The maximum absolute atomic E-state index is 6.23. The highest BCUT2D eigenvalue weighted by molar-refractivity contribution is 9.10. The molecule has 0 fully saturated rings. The van der Waals surface area contributed by atoms with Crippen LogP contribution in [0.3, 0.4) is 0 Å². The molecule has 0 saturated carbocycles. The number of rotatable bonds is 1. The van der Waals surface area contributed by atoms with Crippen LogP contribution in [-0.4, -0.2) is 23.1 Å². The maximum Gasteiger partial charge on any atom is 0.0708 e. The van der Waals surface area contributed by atoms with Crippen molar-refractivity contribution in [3.63, 3.8) is 0 Å². The molecule has 0 bridgehead atoms. The summed E-state index contributed by atoms with van der Waals surface area (Å²) in [6.45, 7) is 2.08. The molecule has 0 saturated heterocycles. The van der Waals surface area contributed by atoms with E-state index in [4.69, 9.17) is 11.6 Å². The Morgan fingerprint density at radius 3 is 2.90 bits per heavy atom. The van der Waals surface area contributed by atoms with Crippen molar-refractivity contribution >= 4 is 49.8 Å². The minimum absolute atomic E-state index is 0.806. The van der Waals surface area contributed by atoms with Crippen molar-refractivity contribution in [2.24, 2.45) is 0 Å². The average Bonchev–Trinajstić information content (AvgIpc) is 3.00. The molecule has 0 atom stereocenters. The van der Waals surface area contributed by atoms with Gasteiger partial charge in [0.1, 0.15) is 0 Å². The molecule has 21 heavy (non-hydrogen) atoms. The van der Waals surface area contributed by atoms with Crippen LogP contribution in [0.4, 0.5) is 0 Å². The molecule has 3 aromatic rings. The van der Waals surface area contributed by atoms with Crippen molar-refractivity contribution in [2.75, 3.05) is 13.6 Å². The summed E-state index contributed by atoms with van der Waals surface area (Å²) in [4.78, 5) is 2.37. The fourth-order valence-corrected chi connectivity index (χ4v) is 4.78. The van der Waals surface area contributed by atoms with Crippen LogP contribution in [0.1, 0.15) is 11.3 Å².